The van der Waals surface area contributed by atoms with Gasteiger partial charge in [-0.25, -0.2) is 4.68 Å². The van der Waals surface area contributed by atoms with Gasteiger partial charge in [0.05, 0.1) is 18.8 Å². The first kappa shape index (κ1) is 20.6. The number of carbonyl (C=O) groups excluding carboxylic acids is 1. The highest BCUT2D eigenvalue weighted by Gasteiger charge is 2.15. The lowest BCUT2D eigenvalue weighted by Gasteiger charge is -2.16. The topological polar surface area (TPSA) is 72.7 Å². The molecule has 0 bridgehead atoms. The summed E-state index contributed by atoms with van der Waals surface area (Å²) in [5.74, 6) is -0.106. The van der Waals surface area contributed by atoms with Crippen molar-refractivity contribution in [3.05, 3.63) is 114 Å². The smallest absolute Gasteiger partial charge is 0.252 e. The highest BCUT2D eigenvalue weighted by atomic mass is 16.1. The summed E-state index contributed by atoms with van der Waals surface area (Å²) in [5.41, 5.74) is 4.36. The van der Waals surface area contributed by atoms with Crippen molar-refractivity contribution in [2.24, 2.45) is 0 Å². The number of pyridine rings is 1. The Labute approximate surface area is 191 Å². The van der Waals surface area contributed by atoms with Gasteiger partial charge in [-0.05, 0) is 41.6 Å². The van der Waals surface area contributed by atoms with Crippen LogP contribution in [0.4, 0.5) is 0 Å². The first-order valence-corrected chi connectivity index (χ1v) is 10.9. The molecule has 0 saturated heterocycles. The van der Waals surface area contributed by atoms with Crippen LogP contribution in [0.5, 0.6) is 0 Å². The number of hydrogen-bond donors (Lipinski definition) is 1. The summed E-state index contributed by atoms with van der Waals surface area (Å²) in [5, 5.41) is 13.9. The maximum absolute atomic E-state index is 13.0. The van der Waals surface area contributed by atoms with E-state index in [9.17, 15) is 4.79 Å². The maximum Gasteiger partial charge on any atom is 0.252 e. The van der Waals surface area contributed by atoms with Gasteiger partial charge < -0.3 is 5.32 Å². The molecule has 0 aliphatic carbocycles. The van der Waals surface area contributed by atoms with Gasteiger partial charge in [0, 0.05) is 28.9 Å². The number of aromatic nitrogens is 4. The maximum atomic E-state index is 13.0. The third-order valence-electron chi connectivity index (χ3n) is 5.72. The molecule has 162 valence electrons. The molecule has 5 rings (SSSR count). The highest BCUT2D eigenvalue weighted by Crippen LogP contribution is 2.22. The molecule has 0 saturated carbocycles. The van der Waals surface area contributed by atoms with E-state index in [1.165, 1.54) is 0 Å². The van der Waals surface area contributed by atoms with Crippen LogP contribution in [0.1, 0.15) is 34.5 Å². The fraction of sp³-hybridized carbons (Fsp3) is 0.111. The zero-order valence-corrected chi connectivity index (χ0v) is 18.2. The summed E-state index contributed by atoms with van der Waals surface area (Å²) in [6.07, 6.45) is 5.53. The van der Waals surface area contributed by atoms with E-state index in [0.717, 1.165) is 33.2 Å². The minimum Gasteiger partial charge on any atom is -0.346 e. The van der Waals surface area contributed by atoms with E-state index in [2.05, 4.69) is 26.7 Å². The minimum absolute atomic E-state index is 0.0900. The van der Waals surface area contributed by atoms with Gasteiger partial charge in [-0.1, -0.05) is 65.9 Å². The van der Waals surface area contributed by atoms with Crippen LogP contribution in [0.15, 0.2) is 97.5 Å². The van der Waals surface area contributed by atoms with E-state index in [1.807, 2.05) is 92.1 Å². The van der Waals surface area contributed by atoms with Crippen molar-refractivity contribution in [1.29, 1.82) is 0 Å². The summed E-state index contributed by atoms with van der Waals surface area (Å²) >= 11 is 0. The molecule has 1 atom stereocenters. The second-order valence-electron chi connectivity index (χ2n) is 8.00. The Balaban J connectivity index is 1.35. The summed E-state index contributed by atoms with van der Waals surface area (Å²) in [7, 11) is 0. The van der Waals surface area contributed by atoms with Crippen molar-refractivity contribution < 1.29 is 4.79 Å². The molecule has 6 heteroatoms. The summed E-state index contributed by atoms with van der Waals surface area (Å²) in [4.78, 5) is 17.2. The largest absolute Gasteiger partial charge is 0.346 e. The molecule has 2 heterocycles. The number of amides is 1. The number of rotatable bonds is 6. The van der Waals surface area contributed by atoms with Crippen LogP contribution >= 0.6 is 0 Å². The molecule has 6 nitrogen and oxygen atoms in total. The predicted octanol–water partition coefficient (Wildman–Crippen LogP) is 5.03. The monoisotopic (exact) mass is 433 g/mol. The van der Waals surface area contributed by atoms with E-state index in [1.54, 1.807) is 10.9 Å². The molecule has 0 unspecified atom stereocenters. The Morgan fingerprint density at radius 2 is 1.79 bits per heavy atom. The first-order valence-electron chi connectivity index (χ1n) is 10.9. The molecule has 3 aromatic carbocycles. The quantitative estimate of drug-likeness (QED) is 0.408. The fourth-order valence-corrected chi connectivity index (χ4v) is 3.90. The van der Waals surface area contributed by atoms with E-state index < -0.39 is 0 Å². The van der Waals surface area contributed by atoms with Gasteiger partial charge in [-0.2, -0.15) is 0 Å². The van der Waals surface area contributed by atoms with Crippen LogP contribution in [0.2, 0.25) is 0 Å². The van der Waals surface area contributed by atoms with Crippen LogP contribution in [-0.4, -0.2) is 25.9 Å². The van der Waals surface area contributed by atoms with Crippen molar-refractivity contribution >= 4 is 16.7 Å². The van der Waals surface area contributed by atoms with Gasteiger partial charge in [0.25, 0.3) is 5.91 Å². The van der Waals surface area contributed by atoms with Gasteiger partial charge in [0.1, 0.15) is 5.69 Å². The van der Waals surface area contributed by atoms with Crippen molar-refractivity contribution in [1.82, 2.24) is 25.3 Å². The standard InChI is InChI=1S/C27H23N5O/c1-19(20-7-3-2-4-8-20)29-27(33)25-10-6-5-9-24(25)17-32-18-26(30-31-32)22-11-12-23-16-28-14-13-21(23)15-22/h2-16,18-19H,17H2,1H3,(H,29,33)/t19-/m1/s1. The minimum atomic E-state index is -0.106. The molecule has 5 aromatic rings. The third-order valence-corrected chi connectivity index (χ3v) is 5.72. The zero-order chi connectivity index (χ0) is 22.6. The van der Waals surface area contributed by atoms with Crippen molar-refractivity contribution in [2.45, 2.75) is 19.5 Å². The molecule has 0 spiro atoms. The molecule has 0 radical (unpaired) electrons. The number of nitrogens with zero attached hydrogens (tertiary/aromatic N) is 4. The molecule has 0 fully saturated rings. The van der Waals surface area contributed by atoms with E-state index in [0.29, 0.717) is 12.1 Å². The van der Waals surface area contributed by atoms with Gasteiger partial charge >= 0.3 is 0 Å². The molecular weight excluding hydrogens is 410 g/mol. The average molecular weight is 434 g/mol. The second kappa shape index (κ2) is 9.04. The predicted molar refractivity (Wildman–Crippen MR) is 129 cm³/mol. The lowest BCUT2D eigenvalue weighted by Crippen LogP contribution is -2.27. The SMILES string of the molecule is C[C@@H](NC(=O)c1ccccc1Cn1cc(-c2ccc3cnccc3c2)nn1)c1ccccc1. The van der Waals surface area contributed by atoms with E-state index >= 15 is 0 Å². The fourth-order valence-electron chi connectivity index (χ4n) is 3.90. The van der Waals surface area contributed by atoms with Crippen LogP contribution in [0, 0.1) is 0 Å². The number of fused-ring (bicyclic) bond motifs is 1. The first-order chi connectivity index (χ1) is 16.2. The number of carbonyl (C=O) groups is 1. The lowest BCUT2D eigenvalue weighted by molar-refractivity contribution is 0.0938. The Morgan fingerprint density at radius 3 is 2.67 bits per heavy atom. The molecule has 1 amide bonds. The molecule has 2 aromatic heterocycles. The lowest BCUT2D eigenvalue weighted by atomic mass is 10.0. The van der Waals surface area contributed by atoms with Crippen molar-refractivity contribution in [3.8, 4) is 11.3 Å². The average Bonchev–Trinajstić information content (AvgIpc) is 3.33. The van der Waals surface area contributed by atoms with E-state index in [4.69, 9.17) is 0 Å². The number of benzene rings is 3. The summed E-state index contributed by atoms with van der Waals surface area (Å²) in [6, 6.07) is 25.6. The Kier molecular flexibility index (Phi) is 5.64. The van der Waals surface area contributed by atoms with Gasteiger partial charge in [-0.15, -0.1) is 5.10 Å². The second-order valence-corrected chi connectivity index (χ2v) is 8.00. The van der Waals surface area contributed by atoms with Gasteiger partial charge in [0.15, 0.2) is 0 Å². The molecule has 1 N–H and O–H groups in total. The van der Waals surface area contributed by atoms with E-state index in [-0.39, 0.29) is 11.9 Å². The summed E-state index contributed by atoms with van der Waals surface area (Å²) < 4.78 is 1.76. The van der Waals surface area contributed by atoms with Gasteiger partial charge in [-0.3, -0.25) is 9.78 Å². The molecule has 0 aliphatic heterocycles. The molecule has 0 aliphatic rings. The zero-order valence-electron chi connectivity index (χ0n) is 18.2. The highest BCUT2D eigenvalue weighted by molar-refractivity contribution is 5.96. The Bertz CT molecular complexity index is 1410. The Morgan fingerprint density at radius 1 is 0.970 bits per heavy atom. The van der Waals surface area contributed by atoms with Crippen LogP contribution < -0.4 is 5.32 Å². The molecular formula is C27H23N5O. The Hall–Kier alpha value is -4.32. The summed E-state index contributed by atoms with van der Waals surface area (Å²) in [6.45, 7) is 2.44. The van der Waals surface area contributed by atoms with Crippen LogP contribution in [0.25, 0.3) is 22.0 Å². The van der Waals surface area contributed by atoms with Crippen LogP contribution in [0.3, 0.4) is 0 Å². The molecule has 33 heavy (non-hydrogen) atoms. The van der Waals surface area contributed by atoms with Crippen molar-refractivity contribution in [2.75, 3.05) is 0 Å². The number of hydrogen-bond acceptors (Lipinski definition) is 4. The third kappa shape index (κ3) is 4.50. The normalized spacial score (nSPS) is 11.9. The van der Waals surface area contributed by atoms with Gasteiger partial charge in [0.2, 0.25) is 0 Å². The van der Waals surface area contributed by atoms with Crippen molar-refractivity contribution in [3.63, 3.8) is 0 Å². The van der Waals surface area contributed by atoms with Crippen LogP contribution in [-0.2, 0) is 6.54 Å². The number of nitrogens with one attached hydrogen (secondary N) is 1.